The number of esters is 1. The van der Waals surface area contributed by atoms with E-state index >= 15 is 0 Å². The third kappa shape index (κ3) is 4.95. The molecule has 0 aliphatic rings. The zero-order chi connectivity index (χ0) is 12.5. The molecule has 0 fully saturated rings. The van der Waals surface area contributed by atoms with Crippen molar-refractivity contribution in [1.82, 2.24) is 20.1 Å². The molecule has 1 N–H and O–H groups in total. The molecule has 17 heavy (non-hydrogen) atoms. The Morgan fingerprint density at radius 3 is 3.06 bits per heavy atom. The summed E-state index contributed by atoms with van der Waals surface area (Å²) in [5.41, 5.74) is 0. The van der Waals surface area contributed by atoms with Crippen molar-refractivity contribution in [1.29, 1.82) is 0 Å². The van der Waals surface area contributed by atoms with Gasteiger partial charge in [0, 0.05) is 6.54 Å². The molecule has 0 saturated heterocycles. The van der Waals surface area contributed by atoms with E-state index in [9.17, 15) is 4.79 Å². The number of unbranched alkanes of at least 4 members (excludes halogenated alkanes) is 1. The van der Waals surface area contributed by atoms with Crippen molar-refractivity contribution < 1.29 is 9.53 Å². The van der Waals surface area contributed by atoms with Crippen LogP contribution in [0.15, 0.2) is 6.33 Å². The fourth-order valence-corrected chi connectivity index (χ4v) is 1.34. The molecule has 0 atom stereocenters. The first kappa shape index (κ1) is 13.6. The fourth-order valence-electron chi connectivity index (χ4n) is 1.34. The predicted molar refractivity (Wildman–Crippen MR) is 63.3 cm³/mol. The first-order valence-electron chi connectivity index (χ1n) is 6.01. The topological polar surface area (TPSA) is 69.0 Å². The molecule has 0 aliphatic carbocycles. The van der Waals surface area contributed by atoms with Crippen LogP contribution in [0.1, 0.15) is 32.5 Å². The van der Waals surface area contributed by atoms with E-state index in [1.54, 1.807) is 6.33 Å². The van der Waals surface area contributed by atoms with Crippen LogP contribution in [0.3, 0.4) is 0 Å². The lowest BCUT2D eigenvalue weighted by Crippen LogP contribution is -2.26. The van der Waals surface area contributed by atoms with Gasteiger partial charge in [-0.2, -0.15) is 0 Å². The quantitative estimate of drug-likeness (QED) is 0.536. The summed E-state index contributed by atoms with van der Waals surface area (Å²) in [6.45, 7) is 6.14. The molecule has 0 unspecified atom stereocenters. The molecule has 0 aliphatic heterocycles. The van der Waals surface area contributed by atoms with E-state index in [4.69, 9.17) is 4.74 Å². The minimum Gasteiger partial charge on any atom is -0.465 e. The van der Waals surface area contributed by atoms with Crippen LogP contribution in [0.5, 0.6) is 0 Å². The third-order valence-electron chi connectivity index (χ3n) is 2.35. The van der Waals surface area contributed by atoms with Crippen molar-refractivity contribution in [3.8, 4) is 0 Å². The maximum atomic E-state index is 11.3. The second kappa shape index (κ2) is 7.78. The lowest BCUT2D eigenvalue weighted by Gasteiger charge is -2.06. The van der Waals surface area contributed by atoms with Crippen molar-refractivity contribution in [2.24, 2.45) is 0 Å². The van der Waals surface area contributed by atoms with Crippen molar-refractivity contribution >= 4 is 5.97 Å². The molecule has 6 nitrogen and oxygen atoms in total. The SMILES string of the molecule is CCCCOC(=O)CNCc1nncn1CC. The van der Waals surface area contributed by atoms with Gasteiger partial charge in [-0.15, -0.1) is 10.2 Å². The summed E-state index contributed by atoms with van der Waals surface area (Å²) >= 11 is 0. The predicted octanol–water partition coefficient (Wildman–Crippen LogP) is 0.731. The Morgan fingerprint density at radius 2 is 2.35 bits per heavy atom. The summed E-state index contributed by atoms with van der Waals surface area (Å²) in [7, 11) is 0. The average Bonchev–Trinajstić information content (AvgIpc) is 2.77. The molecule has 0 spiro atoms. The van der Waals surface area contributed by atoms with Gasteiger partial charge in [0.05, 0.1) is 19.7 Å². The van der Waals surface area contributed by atoms with Crippen molar-refractivity contribution in [3.05, 3.63) is 12.2 Å². The van der Waals surface area contributed by atoms with Gasteiger partial charge >= 0.3 is 5.97 Å². The van der Waals surface area contributed by atoms with Crippen LogP contribution in [0.2, 0.25) is 0 Å². The second-order valence-electron chi connectivity index (χ2n) is 3.71. The summed E-state index contributed by atoms with van der Waals surface area (Å²) in [6, 6.07) is 0. The molecular formula is C11H20N4O2. The summed E-state index contributed by atoms with van der Waals surface area (Å²) in [6.07, 6.45) is 3.62. The molecule has 1 heterocycles. The van der Waals surface area contributed by atoms with E-state index in [0.29, 0.717) is 13.2 Å². The minimum absolute atomic E-state index is 0.209. The first-order chi connectivity index (χ1) is 8.27. The van der Waals surface area contributed by atoms with Crippen LogP contribution in [0.4, 0.5) is 0 Å². The molecule has 0 aromatic carbocycles. The summed E-state index contributed by atoms with van der Waals surface area (Å²) in [5, 5.41) is 10.8. The van der Waals surface area contributed by atoms with E-state index in [-0.39, 0.29) is 12.5 Å². The molecule has 0 radical (unpaired) electrons. The van der Waals surface area contributed by atoms with Gasteiger partial charge in [-0.05, 0) is 13.3 Å². The number of nitrogens with zero attached hydrogens (tertiary/aromatic N) is 3. The molecule has 1 aromatic rings. The van der Waals surface area contributed by atoms with Crippen LogP contribution >= 0.6 is 0 Å². The molecule has 6 heteroatoms. The molecule has 1 rings (SSSR count). The number of carbonyl (C=O) groups is 1. The van der Waals surface area contributed by atoms with E-state index < -0.39 is 0 Å². The number of ether oxygens (including phenoxy) is 1. The highest BCUT2D eigenvalue weighted by atomic mass is 16.5. The minimum atomic E-state index is -0.221. The molecule has 0 amide bonds. The first-order valence-corrected chi connectivity index (χ1v) is 6.01. The highest BCUT2D eigenvalue weighted by molar-refractivity contribution is 5.71. The summed E-state index contributed by atoms with van der Waals surface area (Å²) < 4.78 is 6.94. The van der Waals surface area contributed by atoms with E-state index in [1.165, 1.54) is 0 Å². The molecular weight excluding hydrogens is 220 g/mol. The summed E-state index contributed by atoms with van der Waals surface area (Å²) in [4.78, 5) is 11.3. The molecule has 96 valence electrons. The number of aromatic nitrogens is 3. The van der Waals surface area contributed by atoms with Gasteiger partial charge in [-0.1, -0.05) is 13.3 Å². The normalized spacial score (nSPS) is 10.5. The zero-order valence-electron chi connectivity index (χ0n) is 10.5. The molecule has 1 aromatic heterocycles. The molecule has 0 bridgehead atoms. The van der Waals surface area contributed by atoms with E-state index in [0.717, 1.165) is 25.2 Å². The lowest BCUT2D eigenvalue weighted by molar-refractivity contribution is -0.142. The van der Waals surface area contributed by atoms with Gasteiger partial charge in [-0.3, -0.25) is 10.1 Å². The highest BCUT2D eigenvalue weighted by Crippen LogP contribution is 1.94. The van der Waals surface area contributed by atoms with E-state index in [1.807, 2.05) is 11.5 Å². The van der Waals surface area contributed by atoms with Gasteiger partial charge in [-0.25, -0.2) is 0 Å². The number of aryl methyl sites for hydroxylation is 1. The van der Waals surface area contributed by atoms with Crippen molar-refractivity contribution in [3.63, 3.8) is 0 Å². The number of hydrogen-bond acceptors (Lipinski definition) is 5. The van der Waals surface area contributed by atoms with Crippen molar-refractivity contribution in [2.45, 2.75) is 39.8 Å². The Morgan fingerprint density at radius 1 is 1.53 bits per heavy atom. The Kier molecular flexibility index (Phi) is 6.24. The smallest absolute Gasteiger partial charge is 0.319 e. The van der Waals surface area contributed by atoms with Gasteiger partial charge in [0.2, 0.25) is 0 Å². The number of rotatable bonds is 8. The number of nitrogens with one attached hydrogen (secondary N) is 1. The Labute approximate surface area is 101 Å². The third-order valence-corrected chi connectivity index (χ3v) is 2.35. The Balaban J connectivity index is 2.17. The van der Waals surface area contributed by atoms with Crippen molar-refractivity contribution in [2.75, 3.05) is 13.2 Å². The molecule has 0 saturated carbocycles. The maximum absolute atomic E-state index is 11.3. The standard InChI is InChI=1S/C11H20N4O2/c1-3-5-6-17-11(16)8-12-7-10-14-13-9-15(10)4-2/h9,12H,3-8H2,1-2H3. The van der Waals surface area contributed by atoms with Crippen LogP contribution in [-0.2, 0) is 22.6 Å². The number of hydrogen-bond donors (Lipinski definition) is 1. The van der Waals surface area contributed by atoms with Crippen LogP contribution < -0.4 is 5.32 Å². The lowest BCUT2D eigenvalue weighted by atomic mass is 10.4. The van der Waals surface area contributed by atoms with Gasteiger partial charge in [0.15, 0.2) is 0 Å². The number of carbonyl (C=O) groups excluding carboxylic acids is 1. The zero-order valence-corrected chi connectivity index (χ0v) is 10.5. The summed E-state index contributed by atoms with van der Waals surface area (Å²) in [5.74, 6) is 0.606. The van der Waals surface area contributed by atoms with Gasteiger partial charge in [0.25, 0.3) is 0 Å². The average molecular weight is 240 g/mol. The van der Waals surface area contributed by atoms with Gasteiger partial charge in [0.1, 0.15) is 12.2 Å². The maximum Gasteiger partial charge on any atom is 0.319 e. The highest BCUT2D eigenvalue weighted by Gasteiger charge is 2.05. The van der Waals surface area contributed by atoms with E-state index in [2.05, 4.69) is 22.4 Å². The van der Waals surface area contributed by atoms with Gasteiger partial charge < -0.3 is 9.30 Å². The second-order valence-corrected chi connectivity index (χ2v) is 3.71. The van der Waals surface area contributed by atoms with Crippen LogP contribution in [0.25, 0.3) is 0 Å². The Bertz CT molecular complexity index is 338. The van der Waals surface area contributed by atoms with Crippen LogP contribution in [-0.4, -0.2) is 33.9 Å². The Hall–Kier alpha value is -1.43. The largest absolute Gasteiger partial charge is 0.465 e. The monoisotopic (exact) mass is 240 g/mol. The van der Waals surface area contributed by atoms with Crippen LogP contribution in [0, 0.1) is 0 Å². The fraction of sp³-hybridized carbons (Fsp3) is 0.727.